The molecule has 1 atom stereocenters. The van der Waals surface area contributed by atoms with Crippen molar-refractivity contribution in [2.24, 2.45) is 0 Å². The quantitative estimate of drug-likeness (QED) is 0.175. The minimum atomic E-state index is -4.30. The molecule has 6 aromatic rings. The first kappa shape index (κ1) is 32.4. The first-order chi connectivity index (χ1) is 23.5. The highest BCUT2D eigenvalue weighted by atomic mass is 35.5. The summed E-state index contributed by atoms with van der Waals surface area (Å²) in [5.41, 5.74) is 0.726. The van der Waals surface area contributed by atoms with E-state index < -0.39 is 39.1 Å². The summed E-state index contributed by atoms with van der Waals surface area (Å²) in [6.07, 6.45) is 3.63. The number of anilines is 3. The minimum absolute atomic E-state index is 0.0505. The molecule has 250 valence electrons. The summed E-state index contributed by atoms with van der Waals surface area (Å²) in [5, 5.41) is 13.7. The predicted molar refractivity (Wildman–Crippen MR) is 182 cm³/mol. The number of fused-ring (bicyclic) bond motifs is 2. The number of pyridine rings is 1. The molecular formula is C34H28ClF2N7O4S. The molecule has 0 radical (unpaired) electrons. The summed E-state index contributed by atoms with van der Waals surface area (Å²) in [6, 6.07) is 16.9. The first-order valence-electron chi connectivity index (χ1n) is 15.2. The van der Waals surface area contributed by atoms with Crippen LogP contribution in [0.5, 0.6) is 0 Å². The molecule has 0 aliphatic carbocycles. The number of amides is 1. The van der Waals surface area contributed by atoms with Gasteiger partial charge in [-0.25, -0.2) is 32.2 Å². The van der Waals surface area contributed by atoms with Crippen molar-refractivity contribution in [1.29, 1.82) is 0 Å². The van der Waals surface area contributed by atoms with Crippen molar-refractivity contribution < 1.29 is 27.1 Å². The molecule has 3 aromatic heterocycles. The highest BCUT2D eigenvalue weighted by molar-refractivity contribution is 7.92. The Labute approximate surface area is 284 Å². The number of hydrogen-bond acceptors (Lipinski definition) is 8. The standard InChI is InChI=1S/C34H28ClF2N7O4S/c1-19-23(35)8-4-10-28(19)49(47,48)42-25-12-11-24(36)31(30(25)37)41-33-32-26(38-18-39-33)13-14-29(40-32)44-17-22(21-7-2-3-9-27(21)44)34(46)43-15-5-6-20(45)16-43/h2-4,7-14,17-18,20,42,45H,5-6,15-16H2,1H3,(H,38,39,41)/t20-/m0/s1. The van der Waals surface area contributed by atoms with Crippen LogP contribution < -0.4 is 10.0 Å². The number of halogens is 3. The average Bonchev–Trinajstić information content (AvgIpc) is 3.48. The van der Waals surface area contributed by atoms with Crippen LogP contribution in [0.15, 0.2) is 84.1 Å². The van der Waals surface area contributed by atoms with Gasteiger partial charge in [0.2, 0.25) is 0 Å². The lowest BCUT2D eigenvalue weighted by molar-refractivity contribution is 0.0475. The largest absolute Gasteiger partial charge is 0.391 e. The van der Waals surface area contributed by atoms with Gasteiger partial charge in [-0.2, -0.15) is 0 Å². The lowest BCUT2D eigenvalue weighted by Gasteiger charge is -2.30. The molecule has 0 unspecified atom stereocenters. The summed E-state index contributed by atoms with van der Waals surface area (Å²) < 4.78 is 61.2. The molecule has 1 amide bonds. The number of nitrogens with one attached hydrogen (secondary N) is 2. The van der Waals surface area contributed by atoms with Crippen molar-refractivity contribution in [3.8, 4) is 5.82 Å². The van der Waals surface area contributed by atoms with Crippen molar-refractivity contribution in [3.05, 3.63) is 107 Å². The maximum atomic E-state index is 15.8. The molecule has 1 saturated heterocycles. The Morgan fingerprint density at radius 1 is 1.04 bits per heavy atom. The van der Waals surface area contributed by atoms with Crippen LogP contribution in [0.2, 0.25) is 5.02 Å². The van der Waals surface area contributed by atoms with E-state index in [0.717, 1.165) is 12.1 Å². The molecule has 7 rings (SSSR count). The second-order valence-corrected chi connectivity index (χ2v) is 13.7. The number of hydrogen-bond donors (Lipinski definition) is 3. The van der Waals surface area contributed by atoms with Crippen LogP contribution in [-0.4, -0.2) is 63.0 Å². The smallest absolute Gasteiger partial charge is 0.262 e. The van der Waals surface area contributed by atoms with Crippen molar-refractivity contribution in [3.63, 3.8) is 0 Å². The number of carbonyl (C=O) groups excluding carboxylic acids is 1. The third-order valence-corrected chi connectivity index (χ3v) is 10.3. The highest BCUT2D eigenvalue weighted by Gasteiger charge is 2.27. The fourth-order valence-electron chi connectivity index (χ4n) is 5.95. The molecule has 49 heavy (non-hydrogen) atoms. The van der Waals surface area contributed by atoms with E-state index in [2.05, 4.69) is 20.0 Å². The zero-order valence-electron chi connectivity index (χ0n) is 25.9. The number of carbonyl (C=O) groups is 1. The molecule has 0 bridgehead atoms. The summed E-state index contributed by atoms with van der Waals surface area (Å²) >= 11 is 6.10. The number of β-amino-alcohol motifs (C(OH)–C–C–N with tert-alkyl or cyclic N) is 1. The Kier molecular flexibility index (Phi) is 8.38. The monoisotopic (exact) mass is 703 g/mol. The molecule has 3 N–H and O–H groups in total. The molecule has 11 nitrogen and oxygen atoms in total. The summed E-state index contributed by atoms with van der Waals surface area (Å²) in [7, 11) is -4.30. The van der Waals surface area contributed by atoms with Crippen LogP contribution in [0.4, 0.5) is 26.0 Å². The van der Waals surface area contributed by atoms with Gasteiger partial charge in [-0.05, 0) is 67.8 Å². The van der Waals surface area contributed by atoms with Crippen LogP contribution in [0.1, 0.15) is 28.8 Å². The van der Waals surface area contributed by atoms with Crippen LogP contribution in [0.3, 0.4) is 0 Å². The number of piperidine rings is 1. The number of sulfonamides is 1. The first-order valence-corrected chi connectivity index (χ1v) is 17.1. The fourth-order valence-corrected chi connectivity index (χ4v) is 7.51. The minimum Gasteiger partial charge on any atom is -0.391 e. The van der Waals surface area contributed by atoms with Crippen molar-refractivity contribution in [1.82, 2.24) is 24.4 Å². The maximum Gasteiger partial charge on any atom is 0.262 e. The molecular weight excluding hydrogens is 676 g/mol. The third-order valence-electron chi connectivity index (χ3n) is 8.43. The van der Waals surface area contributed by atoms with Crippen LogP contribution >= 0.6 is 11.6 Å². The van der Waals surface area contributed by atoms with Gasteiger partial charge >= 0.3 is 0 Å². The molecule has 3 aromatic carbocycles. The zero-order chi connectivity index (χ0) is 34.4. The Balaban J connectivity index is 1.26. The van der Waals surface area contributed by atoms with E-state index >= 15 is 8.78 Å². The Morgan fingerprint density at radius 3 is 2.67 bits per heavy atom. The number of aliphatic hydroxyl groups excluding tert-OH is 1. The predicted octanol–water partition coefficient (Wildman–Crippen LogP) is 6.35. The third kappa shape index (κ3) is 6.03. The molecule has 4 heterocycles. The summed E-state index contributed by atoms with van der Waals surface area (Å²) in [5.74, 6) is -2.12. The number of aliphatic hydroxyl groups is 1. The van der Waals surface area contributed by atoms with Gasteiger partial charge in [-0.15, -0.1) is 0 Å². The second kappa shape index (κ2) is 12.7. The second-order valence-electron chi connectivity index (χ2n) is 11.6. The molecule has 0 saturated carbocycles. The van der Waals surface area contributed by atoms with Crippen LogP contribution in [-0.2, 0) is 10.0 Å². The summed E-state index contributed by atoms with van der Waals surface area (Å²) in [4.78, 5) is 28.2. The van der Waals surface area contributed by atoms with E-state index in [4.69, 9.17) is 16.6 Å². The maximum absolute atomic E-state index is 15.8. The van der Waals surface area contributed by atoms with Crippen molar-refractivity contribution >= 4 is 66.7 Å². The lowest BCUT2D eigenvalue weighted by atomic mass is 10.1. The number of para-hydroxylation sites is 1. The Bertz CT molecular complexity index is 2390. The normalized spacial score (nSPS) is 15.1. The average molecular weight is 704 g/mol. The number of benzene rings is 3. The van der Waals surface area contributed by atoms with Gasteiger partial charge in [0, 0.05) is 29.7 Å². The molecule has 1 aliphatic rings. The Hall–Kier alpha value is -5.18. The molecule has 15 heteroatoms. The number of aromatic nitrogens is 4. The number of nitrogens with zero attached hydrogens (tertiary/aromatic N) is 5. The van der Waals surface area contributed by atoms with Gasteiger partial charge < -0.3 is 19.9 Å². The van der Waals surface area contributed by atoms with Crippen LogP contribution in [0, 0.1) is 18.6 Å². The van der Waals surface area contributed by atoms with Crippen molar-refractivity contribution in [2.75, 3.05) is 23.1 Å². The van der Waals surface area contributed by atoms with Crippen LogP contribution in [0.25, 0.3) is 27.8 Å². The van der Waals surface area contributed by atoms with Gasteiger partial charge in [0.05, 0.1) is 33.3 Å². The zero-order valence-corrected chi connectivity index (χ0v) is 27.4. The lowest BCUT2D eigenvalue weighted by Crippen LogP contribution is -2.42. The SMILES string of the molecule is Cc1c(Cl)cccc1S(=O)(=O)Nc1ccc(F)c(Nc2ncnc3ccc(-n4cc(C(=O)N5CCC[C@H](O)C5)c5ccccc54)nc23)c1F. The van der Waals surface area contributed by atoms with E-state index in [9.17, 15) is 18.3 Å². The van der Waals surface area contributed by atoms with Crippen molar-refractivity contribution in [2.45, 2.75) is 30.8 Å². The van der Waals surface area contributed by atoms with E-state index in [-0.39, 0.29) is 39.3 Å². The molecule has 0 spiro atoms. The topological polar surface area (TPSA) is 142 Å². The molecule has 1 fully saturated rings. The van der Waals surface area contributed by atoms with E-state index in [0.29, 0.717) is 47.2 Å². The van der Waals surface area contributed by atoms with Gasteiger partial charge in [0.15, 0.2) is 11.6 Å². The van der Waals surface area contributed by atoms with E-state index in [1.807, 2.05) is 24.3 Å². The van der Waals surface area contributed by atoms with Gasteiger partial charge in [0.25, 0.3) is 15.9 Å². The highest BCUT2D eigenvalue weighted by Crippen LogP contribution is 2.33. The number of likely N-dealkylation sites (tertiary alicyclic amines) is 1. The van der Waals surface area contributed by atoms with E-state index in [1.165, 1.54) is 31.5 Å². The van der Waals surface area contributed by atoms with Gasteiger partial charge in [0.1, 0.15) is 29.2 Å². The van der Waals surface area contributed by atoms with E-state index in [1.54, 1.807) is 27.8 Å². The van der Waals surface area contributed by atoms with Gasteiger partial charge in [-0.3, -0.25) is 9.52 Å². The molecule has 1 aliphatic heterocycles. The number of rotatable bonds is 7. The Morgan fingerprint density at radius 2 is 1.86 bits per heavy atom. The van der Waals surface area contributed by atoms with Gasteiger partial charge in [-0.1, -0.05) is 35.9 Å². The summed E-state index contributed by atoms with van der Waals surface area (Å²) in [6.45, 7) is 2.29. The fraction of sp³-hybridized carbons (Fsp3) is 0.176.